The molecular formula is C22H26ClN3O3. The molecule has 2 N–H and O–H groups in total. The third-order valence-corrected chi connectivity index (χ3v) is 6.82. The molecule has 7 heteroatoms. The Bertz CT molecular complexity index is 925. The summed E-state index contributed by atoms with van der Waals surface area (Å²) in [4.78, 5) is 18.8. The number of piperidine rings is 1. The van der Waals surface area contributed by atoms with Crippen LogP contribution in [0.15, 0.2) is 24.4 Å². The number of halogens is 1. The maximum atomic E-state index is 12.0. The van der Waals surface area contributed by atoms with Crippen molar-refractivity contribution in [2.75, 3.05) is 31.6 Å². The van der Waals surface area contributed by atoms with Gasteiger partial charge >= 0.3 is 0 Å². The van der Waals surface area contributed by atoms with Gasteiger partial charge in [0.2, 0.25) is 5.91 Å². The third-order valence-electron chi connectivity index (χ3n) is 6.50. The number of carbonyl (C=O) groups excluding carboxylic acids is 1. The number of benzene rings is 1. The summed E-state index contributed by atoms with van der Waals surface area (Å²) in [6, 6.07) is 6.19. The molecule has 154 valence electrons. The summed E-state index contributed by atoms with van der Waals surface area (Å²) in [7, 11) is 0. The van der Waals surface area contributed by atoms with Crippen molar-refractivity contribution in [3.05, 3.63) is 35.0 Å². The minimum Gasteiger partial charge on any atom is -0.389 e. The Hall–Kier alpha value is -1.73. The lowest BCUT2D eigenvalue weighted by atomic mass is 9.87. The lowest BCUT2D eigenvalue weighted by Crippen LogP contribution is -2.46. The van der Waals surface area contributed by atoms with E-state index in [0.717, 1.165) is 60.1 Å². The van der Waals surface area contributed by atoms with Crippen LogP contribution in [0.4, 0.5) is 5.82 Å². The van der Waals surface area contributed by atoms with Gasteiger partial charge in [0.25, 0.3) is 0 Å². The first-order valence-electron chi connectivity index (χ1n) is 10.5. The summed E-state index contributed by atoms with van der Waals surface area (Å²) in [6.45, 7) is 2.92. The molecule has 0 radical (unpaired) electrons. The van der Waals surface area contributed by atoms with E-state index in [-0.39, 0.29) is 24.0 Å². The molecule has 2 aromatic rings. The van der Waals surface area contributed by atoms with Crippen LogP contribution < -0.4 is 5.32 Å². The molecule has 3 aliphatic rings. The van der Waals surface area contributed by atoms with Crippen LogP contribution >= 0.6 is 11.6 Å². The van der Waals surface area contributed by atoms with Gasteiger partial charge in [-0.1, -0.05) is 11.6 Å². The van der Waals surface area contributed by atoms with E-state index >= 15 is 0 Å². The average Bonchev–Trinajstić information content (AvgIpc) is 3.49. The number of rotatable bonds is 4. The smallest absolute Gasteiger partial charge is 0.228 e. The second kappa shape index (κ2) is 7.84. The minimum atomic E-state index is -0.382. The molecule has 2 aliphatic heterocycles. The number of aliphatic hydroxyl groups excluding tert-OH is 1. The van der Waals surface area contributed by atoms with Gasteiger partial charge in [0.05, 0.1) is 25.4 Å². The summed E-state index contributed by atoms with van der Waals surface area (Å²) < 4.78 is 5.41. The van der Waals surface area contributed by atoms with Crippen LogP contribution in [0.25, 0.3) is 10.8 Å². The molecule has 6 nitrogen and oxygen atoms in total. The van der Waals surface area contributed by atoms with E-state index in [4.69, 9.17) is 16.3 Å². The molecule has 3 heterocycles. The van der Waals surface area contributed by atoms with Gasteiger partial charge in [0.15, 0.2) is 0 Å². The monoisotopic (exact) mass is 415 g/mol. The molecule has 0 unspecified atom stereocenters. The van der Waals surface area contributed by atoms with Crippen LogP contribution in [0, 0.1) is 5.92 Å². The van der Waals surface area contributed by atoms with Crippen molar-refractivity contribution >= 4 is 34.1 Å². The van der Waals surface area contributed by atoms with Gasteiger partial charge in [-0.3, -0.25) is 9.69 Å². The summed E-state index contributed by atoms with van der Waals surface area (Å²) in [5.74, 6) is 1.21. The van der Waals surface area contributed by atoms with E-state index in [1.807, 2.05) is 12.1 Å². The molecule has 0 spiro atoms. The molecule has 3 fully saturated rings. The Morgan fingerprint density at radius 3 is 2.62 bits per heavy atom. The van der Waals surface area contributed by atoms with Crippen LogP contribution in [-0.4, -0.2) is 59.3 Å². The maximum Gasteiger partial charge on any atom is 0.228 e. The number of nitrogens with one attached hydrogen (secondary N) is 1. The molecule has 0 bridgehead atoms. The van der Waals surface area contributed by atoms with Crippen molar-refractivity contribution < 1.29 is 14.6 Å². The minimum absolute atomic E-state index is 0.0662. The van der Waals surface area contributed by atoms with E-state index in [1.54, 1.807) is 6.20 Å². The van der Waals surface area contributed by atoms with Gasteiger partial charge in [-0.25, -0.2) is 4.98 Å². The summed E-state index contributed by atoms with van der Waals surface area (Å²) >= 11 is 6.63. The maximum absolute atomic E-state index is 12.0. The summed E-state index contributed by atoms with van der Waals surface area (Å²) in [5, 5.41) is 15.8. The first-order chi connectivity index (χ1) is 14.1. The highest BCUT2D eigenvalue weighted by atomic mass is 35.5. The predicted octanol–water partition coefficient (Wildman–Crippen LogP) is 3.18. The number of amides is 1. The Balaban J connectivity index is 1.32. The highest BCUT2D eigenvalue weighted by molar-refractivity contribution is 6.32. The molecule has 29 heavy (non-hydrogen) atoms. The predicted molar refractivity (Wildman–Crippen MR) is 112 cm³/mol. The lowest BCUT2D eigenvalue weighted by molar-refractivity contribution is -0.117. The SMILES string of the molecule is O=C(Nc1cc2cc(C3CCN([C@H]4COC[C@H]4O)CC3)c(Cl)cc2cn1)C1CC1. The van der Waals surface area contributed by atoms with Crippen LogP contribution in [0.5, 0.6) is 0 Å². The van der Waals surface area contributed by atoms with E-state index < -0.39 is 0 Å². The number of pyridine rings is 1. The fraction of sp³-hybridized carbons (Fsp3) is 0.545. The van der Waals surface area contributed by atoms with Gasteiger partial charge in [-0.05, 0) is 73.8 Å². The zero-order valence-electron chi connectivity index (χ0n) is 16.3. The first-order valence-corrected chi connectivity index (χ1v) is 10.9. The number of aliphatic hydroxyl groups is 1. The molecular weight excluding hydrogens is 390 g/mol. The fourth-order valence-corrected chi connectivity index (χ4v) is 4.89. The first kappa shape index (κ1) is 19.2. The van der Waals surface area contributed by atoms with E-state index in [9.17, 15) is 9.90 Å². The molecule has 2 atom stereocenters. The second-order valence-corrected chi connectivity index (χ2v) is 8.94. The third kappa shape index (κ3) is 3.99. The number of aromatic nitrogens is 1. The Morgan fingerprint density at radius 2 is 1.93 bits per heavy atom. The molecule has 1 aromatic carbocycles. The van der Waals surface area contributed by atoms with Crippen LogP contribution in [0.2, 0.25) is 5.02 Å². The van der Waals surface area contributed by atoms with Crippen molar-refractivity contribution in [3.8, 4) is 0 Å². The number of anilines is 1. The number of nitrogens with zero attached hydrogens (tertiary/aromatic N) is 2. The number of carbonyl (C=O) groups is 1. The van der Waals surface area contributed by atoms with Crippen molar-refractivity contribution in [2.45, 2.75) is 43.7 Å². The Labute approximate surface area is 175 Å². The molecule has 1 amide bonds. The highest BCUT2D eigenvalue weighted by Gasteiger charge is 2.34. The van der Waals surface area contributed by atoms with Crippen molar-refractivity contribution in [2.24, 2.45) is 5.92 Å². The molecule has 5 rings (SSSR count). The molecule has 1 aliphatic carbocycles. The van der Waals surface area contributed by atoms with E-state index in [0.29, 0.717) is 24.9 Å². The van der Waals surface area contributed by atoms with Crippen molar-refractivity contribution in [1.29, 1.82) is 0 Å². The average molecular weight is 416 g/mol. The van der Waals surface area contributed by atoms with Crippen molar-refractivity contribution in [3.63, 3.8) is 0 Å². The number of hydrogen-bond acceptors (Lipinski definition) is 5. The van der Waals surface area contributed by atoms with Gasteiger partial charge < -0.3 is 15.2 Å². The molecule has 1 aromatic heterocycles. The number of ether oxygens (including phenoxy) is 1. The zero-order chi connectivity index (χ0) is 20.0. The topological polar surface area (TPSA) is 74.7 Å². The number of likely N-dealkylation sites (tertiary alicyclic amines) is 1. The lowest BCUT2D eigenvalue weighted by Gasteiger charge is -2.36. The summed E-state index contributed by atoms with van der Waals surface area (Å²) in [6.07, 6.45) is 5.35. The zero-order valence-corrected chi connectivity index (χ0v) is 17.1. The number of fused-ring (bicyclic) bond motifs is 1. The van der Waals surface area contributed by atoms with Gasteiger partial charge in [0.1, 0.15) is 5.82 Å². The molecule has 1 saturated carbocycles. The van der Waals surface area contributed by atoms with E-state index in [1.165, 1.54) is 0 Å². The van der Waals surface area contributed by atoms with E-state index in [2.05, 4.69) is 21.3 Å². The normalized spacial score (nSPS) is 26.1. The Morgan fingerprint density at radius 1 is 1.14 bits per heavy atom. The van der Waals surface area contributed by atoms with Gasteiger partial charge in [-0.15, -0.1) is 0 Å². The highest BCUT2D eigenvalue weighted by Crippen LogP contribution is 2.37. The molecule has 2 saturated heterocycles. The van der Waals surface area contributed by atoms with Crippen LogP contribution in [0.1, 0.15) is 37.2 Å². The summed E-state index contributed by atoms with van der Waals surface area (Å²) in [5.41, 5.74) is 1.16. The fourth-order valence-electron chi connectivity index (χ4n) is 4.56. The second-order valence-electron chi connectivity index (χ2n) is 8.54. The van der Waals surface area contributed by atoms with Crippen LogP contribution in [-0.2, 0) is 9.53 Å². The largest absolute Gasteiger partial charge is 0.389 e. The van der Waals surface area contributed by atoms with Crippen molar-refractivity contribution in [1.82, 2.24) is 9.88 Å². The van der Waals surface area contributed by atoms with Crippen LogP contribution in [0.3, 0.4) is 0 Å². The quantitative estimate of drug-likeness (QED) is 0.802. The number of hydrogen-bond donors (Lipinski definition) is 2. The standard InChI is InChI=1S/C22H26ClN3O3/c23-18-8-16-10-24-21(25-22(28)14-1-2-14)9-15(16)7-17(18)13-3-5-26(6-4-13)19-11-29-12-20(19)27/h7-10,13-14,19-20,27H,1-6,11-12H2,(H,24,25,28)/t19-,20+/m0/s1. The Kier molecular flexibility index (Phi) is 5.20. The van der Waals surface area contributed by atoms with Gasteiger partial charge in [0, 0.05) is 22.5 Å². The van der Waals surface area contributed by atoms with Gasteiger partial charge in [-0.2, -0.15) is 0 Å².